The molecule has 7 heteroatoms. The average Bonchev–Trinajstić information content (AvgIpc) is 2.37. The molecule has 1 rings (SSSR count). The summed E-state index contributed by atoms with van der Waals surface area (Å²) < 4.78 is 36.3. The SMILES string of the molecule is CCOC(=O)C(F)[C@H](N)c1ccc(OC)c(F)c1.Cl. The lowest BCUT2D eigenvalue weighted by atomic mass is 10.0. The van der Waals surface area contributed by atoms with Crippen molar-refractivity contribution in [1.29, 1.82) is 0 Å². The highest BCUT2D eigenvalue weighted by Crippen LogP contribution is 2.24. The monoisotopic (exact) mass is 295 g/mol. The molecule has 0 aliphatic carbocycles. The first-order valence-corrected chi connectivity index (χ1v) is 5.41. The summed E-state index contributed by atoms with van der Waals surface area (Å²) in [4.78, 5) is 11.2. The summed E-state index contributed by atoms with van der Waals surface area (Å²) in [6, 6.07) is 2.49. The van der Waals surface area contributed by atoms with Gasteiger partial charge in [0.1, 0.15) is 0 Å². The minimum Gasteiger partial charge on any atom is -0.494 e. The predicted octanol–water partition coefficient (Wildman–Crippen LogP) is 2.16. The quantitative estimate of drug-likeness (QED) is 0.846. The maximum atomic E-state index is 13.6. The van der Waals surface area contributed by atoms with E-state index < -0.39 is 24.0 Å². The third kappa shape index (κ3) is 4.33. The highest BCUT2D eigenvalue weighted by atomic mass is 35.5. The fourth-order valence-electron chi connectivity index (χ4n) is 1.43. The van der Waals surface area contributed by atoms with Crippen LogP contribution >= 0.6 is 12.4 Å². The van der Waals surface area contributed by atoms with Crippen molar-refractivity contribution < 1.29 is 23.0 Å². The first-order valence-electron chi connectivity index (χ1n) is 5.41. The van der Waals surface area contributed by atoms with Crippen LogP contribution in [0.2, 0.25) is 0 Å². The van der Waals surface area contributed by atoms with Crippen molar-refractivity contribution >= 4 is 18.4 Å². The van der Waals surface area contributed by atoms with Gasteiger partial charge in [-0.05, 0) is 24.6 Å². The average molecular weight is 296 g/mol. The van der Waals surface area contributed by atoms with Crippen molar-refractivity contribution in [2.75, 3.05) is 13.7 Å². The molecule has 108 valence electrons. The van der Waals surface area contributed by atoms with Crippen molar-refractivity contribution in [2.24, 2.45) is 5.73 Å². The van der Waals surface area contributed by atoms with Gasteiger partial charge in [0.25, 0.3) is 0 Å². The van der Waals surface area contributed by atoms with Gasteiger partial charge in [-0.15, -0.1) is 12.4 Å². The van der Waals surface area contributed by atoms with Crippen LogP contribution in [0.4, 0.5) is 8.78 Å². The summed E-state index contributed by atoms with van der Waals surface area (Å²) in [7, 11) is 1.31. The molecule has 0 aromatic heterocycles. The van der Waals surface area contributed by atoms with Gasteiger partial charge in [0.15, 0.2) is 11.6 Å². The molecule has 0 fully saturated rings. The molecule has 1 aromatic rings. The summed E-state index contributed by atoms with van der Waals surface area (Å²) in [5.41, 5.74) is 5.71. The van der Waals surface area contributed by atoms with E-state index in [-0.39, 0.29) is 30.3 Å². The Morgan fingerprint density at radius 1 is 1.47 bits per heavy atom. The number of esters is 1. The third-order valence-electron chi connectivity index (χ3n) is 2.39. The standard InChI is InChI=1S/C12H15F2NO3.ClH/c1-3-18-12(16)10(14)11(15)7-4-5-9(17-2)8(13)6-7;/h4-6,10-11H,3,15H2,1-2H3;1H/t10?,11-;/m1./s1. The summed E-state index contributed by atoms with van der Waals surface area (Å²) >= 11 is 0. The van der Waals surface area contributed by atoms with Crippen LogP contribution in [0.5, 0.6) is 5.75 Å². The van der Waals surface area contributed by atoms with E-state index in [0.717, 1.165) is 6.07 Å². The number of methoxy groups -OCH3 is 1. The first-order chi connectivity index (χ1) is 8.51. The van der Waals surface area contributed by atoms with Crippen molar-refractivity contribution in [3.05, 3.63) is 29.6 Å². The van der Waals surface area contributed by atoms with Gasteiger partial charge >= 0.3 is 5.97 Å². The van der Waals surface area contributed by atoms with E-state index in [1.54, 1.807) is 6.92 Å². The highest BCUT2D eigenvalue weighted by Gasteiger charge is 2.28. The van der Waals surface area contributed by atoms with E-state index >= 15 is 0 Å². The largest absolute Gasteiger partial charge is 0.494 e. The van der Waals surface area contributed by atoms with Gasteiger partial charge in [-0.25, -0.2) is 13.6 Å². The van der Waals surface area contributed by atoms with E-state index in [1.807, 2.05) is 0 Å². The number of carbonyl (C=O) groups excluding carboxylic acids is 1. The second-order valence-electron chi connectivity index (χ2n) is 3.57. The van der Waals surface area contributed by atoms with Gasteiger partial charge in [0.2, 0.25) is 6.17 Å². The molecule has 19 heavy (non-hydrogen) atoms. The van der Waals surface area contributed by atoms with Crippen LogP contribution in [-0.4, -0.2) is 25.9 Å². The number of halogens is 3. The van der Waals surface area contributed by atoms with E-state index in [2.05, 4.69) is 4.74 Å². The number of hydrogen-bond donors (Lipinski definition) is 1. The van der Waals surface area contributed by atoms with Gasteiger partial charge in [-0.1, -0.05) is 6.07 Å². The van der Waals surface area contributed by atoms with Crippen LogP contribution in [0.25, 0.3) is 0 Å². The van der Waals surface area contributed by atoms with Gasteiger partial charge in [0.05, 0.1) is 19.8 Å². The molecular weight excluding hydrogens is 280 g/mol. The zero-order chi connectivity index (χ0) is 13.7. The lowest BCUT2D eigenvalue weighted by Gasteiger charge is -2.16. The van der Waals surface area contributed by atoms with E-state index in [9.17, 15) is 13.6 Å². The molecule has 0 amide bonds. The van der Waals surface area contributed by atoms with Crippen molar-refractivity contribution in [3.63, 3.8) is 0 Å². The minimum absolute atomic E-state index is 0. The normalized spacial score (nSPS) is 13.1. The Balaban J connectivity index is 0.00000324. The topological polar surface area (TPSA) is 61.5 Å². The van der Waals surface area contributed by atoms with Crippen LogP contribution in [0, 0.1) is 5.82 Å². The lowest BCUT2D eigenvalue weighted by Crippen LogP contribution is -2.31. The Morgan fingerprint density at radius 3 is 2.58 bits per heavy atom. The van der Waals surface area contributed by atoms with Crippen molar-refractivity contribution in [3.8, 4) is 5.75 Å². The number of ether oxygens (including phenoxy) is 2. The Hall–Kier alpha value is -1.40. The van der Waals surface area contributed by atoms with Crippen molar-refractivity contribution in [1.82, 2.24) is 0 Å². The summed E-state index contributed by atoms with van der Waals surface area (Å²) in [5, 5.41) is 0. The molecule has 0 aliphatic heterocycles. The van der Waals surface area contributed by atoms with Crippen molar-refractivity contribution in [2.45, 2.75) is 19.1 Å². The number of nitrogens with two attached hydrogens (primary N) is 1. The molecule has 0 aliphatic rings. The first kappa shape index (κ1) is 17.6. The second kappa shape index (κ2) is 7.91. The van der Waals surface area contributed by atoms with Crippen LogP contribution in [0.15, 0.2) is 18.2 Å². The summed E-state index contributed by atoms with van der Waals surface area (Å²) in [5.74, 6) is -1.69. The highest BCUT2D eigenvalue weighted by molar-refractivity contribution is 5.85. The zero-order valence-corrected chi connectivity index (χ0v) is 11.4. The fraction of sp³-hybridized carbons (Fsp3) is 0.417. The van der Waals surface area contributed by atoms with Gasteiger partial charge in [-0.2, -0.15) is 0 Å². The number of alkyl halides is 1. The maximum absolute atomic E-state index is 13.6. The molecule has 0 heterocycles. The summed E-state index contributed by atoms with van der Waals surface area (Å²) in [6.45, 7) is 1.62. The molecular formula is C12H16ClF2NO3. The molecule has 0 saturated heterocycles. The van der Waals surface area contributed by atoms with Crippen LogP contribution in [0.3, 0.4) is 0 Å². The second-order valence-corrected chi connectivity index (χ2v) is 3.57. The van der Waals surface area contributed by atoms with Gasteiger partial charge in [-0.3, -0.25) is 0 Å². The van der Waals surface area contributed by atoms with E-state index in [1.165, 1.54) is 19.2 Å². The van der Waals surface area contributed by atoms with Gasteiger partial charge in [0, 0.05) is 0 Å². The Labute approximate surface area is 116 Å². The van der Waals surface area contributed by atoms with Crippen LogP contribution < -0.4 is 10.5 Å². The molecule has 2 N–H and O–H groups in total. The van der Waals surface area contributed by atoms with Crippen LogP contribution in [0.1, 0.15) is 18.5 Å². The molecule has 1 aromatic carbocycles. The summed E-state index contributed by atoms with van der Waals surface area (Å²) in [6.07, 6.45) is -2.03. The fourth-order valence-corrected chi connectivity index (χ4v) is 1.43. The predicted molar refractivity (Wildman–Crippen MR) is 68.7 cm³/mol. The van der Waals surface area contributed by atoms with E-state index in [0.29, 0.717) is 0 Å². The number of rotatable bonds is 5. The van der Waals surface area contributed by atoms with Gasteiger partial charge < -0.3 is 15.2 Å². The Kier molecular flexibility index (Phi) is 7.33. The smallest absolute Gasteiger partial charge is 0.342 e. The number of hydrogen-bond acceptors (Lipinski definition) is 4. The Morgan fingerprint density at radius 2 is 2.11 bits per heavy atom. The molecule has 0 bridgehead atoms. The Bertz CT molecular complexity index is 431. The minimum atomic E-state index is -2.03. The maximum Gasteiger partial charge on any atom is 0.342 e. The molecule has 1 unspecified atom stereocenters. The molecule has 0 spiro atoms. The van der Waals surface area contributed by atoms with Crippen LogP contribution in [-0.2, 0) is 9.53 Å². The molecule has 0 saturated carbocycles. The third-order valence-corrected chi connectivity index (χ3v) is 2.39. The molecule has 0 radical (unpaired) electrons. The van der Waals surface area contributed by atoms with E-state index in [4.69, 9.17) is 10.5 Å². The molecule has 4 nitrogen and oxygen atoms in total. The lowest BCUT2D eigenvalue weighted by molar-refractivity contribution is -0.149. The molecule has 2 atom stereocenters. The number of carbonyl (C=O) groups is 1. The number of benzene rings is 1. The zero-order valence-electron chi connectivity index (χ0n) is 10.6.